The van der Waals surface area contributed by atoms with Crippen molar-refractivity contribution in [3.63, 3.8) is 0 Å². The smallest absolute Gasteiger partial charge is 0.220 e. The van der Waals surface area contributed by atoms with Crippen molar-refractivity contribution < 1.29 is 13.9 Å². The summed E-state index contributed by atoms with van der Waals surface area (Å²) in [5.41, 5.74) is 0.990. The Morgan fingerprint density at radius 3 is 2.69 bits per heavy atom. The molecule has 0 aliphatic carbocycles. The second-order valence-electron chi connectivity index (χ2n) is 6.85. The molecule has 1 amide bonds. The molecule has 1 aliphatic heterocycles. The van der Waals surface area contributed by atoms with Crippen LogP contribution in [0.25, 0.3) is 11.3 Å². The highest BCUT2D eigenvalue weighted by atomic mass is 16.5. The minimum atomic E-state index is 0.0267. The number of morpholine rings is 1. The predicted molar refractivity (Wildman–Crippen MR) is 99.7 cm³/mol. The summed E-state index contributed by atoms with van der Waals surface area (Å²) in [7, 11) is 0. The molecular weight excluding hydrogens is 330 g/mol. The highest BCUT2D eigenvalue weighted by Crippen LogP contribution is 2.20. The van der Waals surface area contributed by atoms with Crippen LogP contribution >= 0.6 is 0 Å². The van der Waals surface area contributed by atoms with Crippen LogP contribution in [0, 0.1) is 0 Å². The molecule has 1 fully saturated rings. The van der Waals surface area contributed by atoms with E-state index in [1.54, 1.807) is 6.20 Å². The summed E-state index contributed by atoms with van der Waals surface area (Å²) in [4.78, 5) is 18.6. The van der Waals surface area contributed by atoms with Crippen LogP contribution in [0.5, 0.6) is 0 Å². The Bertz CT molecular complexity index is 691. The van der Waals surface area contributed by atoms with Gasteiger partial charge in [0.1, 0.15) is 0 Å². The third kappa shape index (κ3) is 5.41. The van der Waals surface area contributed by atoms with Crippen LogP contribution in [-0.4, -0.2) is 54.2 Å². The standard InChI is InChI=1S/C20H27N3O3/c1-15-13-23(14-16(2)25-15)11-10-21-19(24)8-9-20-22-12-18(26-20)17-6-4-3-5-7-17/h3-7,12,15-16H,8-11,13-14H2,1-2H3,(H,21,24). The first-order valence-corrected chi connectivity index (χ1v) is 9.25. The highest BCUT2D eigenvalue weighted by molar-refractivity contribution is 5.76. The first-order chi connectivity index (χ1) is 12.6. The van der Waals surface area contributed by atoms with Crippen LogP contribution in [-0.2, 0) is 16.0 Å². The first kappa shape index (κ1) is 18.6. The third-order valence-electron chi connectivity index (χ3n) is 4.42. The number of amides is 1. The average molecular weight is 357 g/mol. The molecule has 1 aromatic carbocycles. The number of benzene rings is 1. The third-order valence-corrected chi connectivity index (χ3v) is 4.42. The van der Waals surface area contributed by atoms with Crippen molar-refractivity contribution in [1.29, 1.82) is 0 Å². The summed E-state index contributed by atoms with van der Waals surface area (Å²) in [6.45, 7) is 7.50. The van der Waals surface area contributed by atoms with Gasteiger partial charge in [-0.25, -0.2) is 4.98 Å². The Hall–Kier alpha value is -2.18. The topological polar surface area (TPSA) is 67.6 Å². The maximum atomic E-state index is 12.0. The van der Waals surface area contributed by atoms with Gasteiger partial charge in [-0.05, 0) is 13.8 Å². The quantitative estimate of drug-likeness (QED) is 0.825. The zero-order valence-electron chi connectivity index (χ0n) is 15.5. The number of nitrogens with one attached hydrogen (secondary N) is 1. The molecule has 3 rings (SSSR count). The van der Waals surface area contributed by atoms with Gasteiger partial charge in [0.05, 0.1) is 18.4 Å². The molecule has 140 valence electrons. The fourth-order valence-electron chi connectivity index (χ4n) is 3.29. The molecule has 2 heterocycles. The number of hydrogen-bond donors (Lipinski definition) is 1. The number of carbonyl (C=O) groups is 1. The van der Waals surface area contributed by atoms with E-state index in [0.717, 1.165) is 31.0 Å². The van der Waals surface area contributed by atoms with E-state index in [9.17, 15) is 4.79 Å². The normalized spacial score (nSPS) is 20.8. The molecule has 6 heteroatoms. The van der Waals surface area contributed by atoms with Gasteiger partial charge in [0.25, 0.3) is 0 Å². The van der Waals surface area contributed by atoms with Crippen molar-refractivity contribution in [2.45, 2.75) is 38.9 Å². The zero-order valence-corrected chi connectivity index (χ0v) is 15.5. The predicted octanol–water partition coefficient (Wildman–Crippen LogP) is 2.50. The lowest BCUT2D eigenvalue weighted by molar-refractivity contribution is -0.121. The van der Waals surface area contributed by atoms with E-state index in [1.165, 1.54) is 0 Å². The maximum Gasteiger partial charge on any atom is 0.220 e. The lowest BCUT2D eigenvalue weighted by atomic mass is 10.2. The van der Waals surface area contributed by atoms with E-state index >= 15 is 0 Å². The molecule has 2 atom stereocenters. The van der Waals surface area contributed by atoms with E-state index < -0.39 is 0 Å². The summed E-state index contributed by atoms with van der Waals surface area (Å²) < 4.78 is 11.4. The fourth-order valence-corrected chi connectivity index (χ4v) is 3.29. The lowest BCUT2D eigenvalue weighted by Crippen LogP contribution is -2.47. The minimum absolute atomic E-state index is 0.0267. The van der Waals surface area contributed by atoms with E-state index in [1.807, 2.05) is 30.3 Å². The first-order valence-electron chi connectivity index (χ1n) is 9.25. The molecule has 0 radical (unpaired) electrons. The SMILES string of the molecule is CC1CN(CCNC(=O)CCc2ncc(-c3ccccc3)o2)CC(C)O1. The van der Waals surface area contributed by atoms with Crippen molar-refractivity contribution in [3.8, 4) is 11.3 Å². The number of nitrogens with zero attached hydrogens (tertiary/aromatic N) is 2. The van der Waals surface area contributed by atoms with E-state index in [2.05, 4.69) is 29.0 Å². The number of hydrogen-bond acceptors (Lipinski definition) is 5. The molecule has 1 aliphatic rings. The van der Waals surface area contributed by atoms with Crippen LogP contribution in [0.4, 0.5) is 0 Å². The molecule has 1 saturated heterocycles. The Kier molecular flexibility index (Phi) is 6.41. The van der Waals surface area contributed by atoms with Gasteiger partial charge in [0.15, 0.2) is 11.7 Å². The van der Waals surface area contributed by atoms with Crippen molar-refractivity contribution in [1.82, 2.24) is 15.2 Å². The second kappa shape index (κ2) is 8.96. The van der Waals surface area contributed by atoms with E-state index in [0.29, 0.717) is 25.3 Å². The van der Waals surface area contributed by atoms with Gasteiger partial charge in [-0.15, -0.1) is 0 Å². The number of oxazole rings is 1. The Morgan fingerprint density at radius 2 is 1.96 bits per heavy atom. The van der Waals surface area contributed by atoms with Gasteiger partial charge in [-0.2, -0.15) is 0 Å². The highest BCUT2D eigenvalue weighted by Gasteiger charge is 2.21. The summed E-state index contributed by atoms with van der Waals surface area (Å²) in [5, 5.41) is 2.98. The largest absolute Gasteiger partial charge is 0.441 e. The van der Waals surface area contributed by atoms with Crippen LogP contribution in [0.2, 0.25) is 0 Å². The number of aromatic nitrogens is 1. The summed E-state index contributed by atoms with van der Waals surface area (Å²) in [6.07, 6.45) is 3.09. The monoisotopic (exact) mass is 357 g/mol. The van der Waals surface area contributed by atoms with Gasteiger partial charge in [-0.1, -0.05) is 30.3 Å². The fraction of sp³-hybridized carbons (Fsp3) is 0.500. The van der Waals surface area contributed by atoms with Gasteiger partial charge >= 0.3 is 0 Å². The van der Waals surface area contributed by atoms with Gasteiger partial charge in [-0.3, -0.25) is 9.69 Å². The molecule has 6 nitrogen and oxygen atoms in total. The maximum absolute atomic E-state index is 12.0. The number of carbonyl (C=O) groups excluding carboxylic acids is 1. The van der Waals surface area contributed by atoms with Crippen molar-refractivity contribution >= 4 is 5.91 Å². The zero-order chi connectivity index (χ0) is 18.4. The van der Waals surface area contributed by atoms with Crippen LogP contribution < -0.4 is 5.32 Å². The number of ether oxygens (including phenoxy) is 1. The molecule has 26 heavy (non-hydrogen) atoms. The molecule has 2 unspecified atom stereocenters. The van der Waals surface area contributed by atoms with Gasteiger partial charge in [0.2, 0.25) is 5.91 Å². The van der Waals surface area contributed by atoms with Gasteiger partial charge in [0, 0.05) is 44.6 Å². The molecule has 0 spiro atoms. The lowest BCUT2D eigenvalue weighted by Gasteiger charge is -2.35. The molecule has 0 saturated carbocycles. The Morgan fingerprint density at radius 1 is 1.23 bits per heavy atom. The number of rotatable bonds is 7. The molecule has 2 aromatic rings. The van der Waals surface area contributed by atoms with Crippen molar-refractivity contribution in [3.05, 3.63) is 42.4 Å². The summed E-state index contributed by atoms with van der Waals surface area (Å²) >= 11 is 0. The Labute approximate surface area is 154 Å². The van der Waals surface area contributed by atoms with Crippen LogP contribution in [0.1, 0.15) is 26.2 Å². The van der Waals surface area contributed by atoms with Crippen LogP contribution in [0.15, 0.2) is 40.9 Å². The number of aryl methyl sites for hydroxylation is 1. The van der Waals surface area contributed by atoms with Gasteiger partial charge < -0.3 is 14.5 Å². The molecule has 1 aromatic heterocycles. The van der Waals surface area contributed by atoms with Crippen molar-refractivity contribution in [2.24, 2.45) is 0 Å². The van der Waals surface area contributed by atoms with Crippen LogP contribution in [0.3, 0.4) is 0 Å². The summed E-state index contributed by atoms with van der Waals surface area (Å²) in [5.74, 6) is 1.35. The molecular formula is C20H27N3O3. The minimum Gasteiger partial charge on any atom is -0.441 e. The molecule has 1 N–H and O–H groups in total. The van der Waals surface area contributed by atoms with Crippen molar-refractivity contribution in [2.75, 3.05) is 26.2 Å². The second-order valence-corrected chi connectivity index (χ2v) is 6.85. The summed E-state index contributed by atoms with van der Waals surface area (Å²) in [6, 6.07) is 9.83. The average Bonchev–Trinajstić information content (AvgIpc) is 3.09. The molecule has 0 bridgehead atoms. The van der Waals surface area contributed by atoms with E-state index in [-0.39, 0.29) is 18.1 Å². The van der Waals surface area contributed by atoms with E-state index in [4.69, 9.17) is 9.15 Å². The Balaban J connectivity index is 1.37.